The molecule has 0 spiro atoms. The summed E-state index contributed by atoms with van der Waals surface area (Å²) in [4.78, 5) is 35.6. The van der Waals surface area contributed by atoms with Crippen LogP contribution in [0.1, 0.15) is 0 Å². The van der Waals surface area contributed by atoms with Crippen molar-refractivity contribution >= 4 is 15.6 Å². The monoisotopic (exact) mass is 340 g/mol. The van der Waals surface area contributed by atoms with E-state index in [0.717, 1.165) is 6.08 Å². The third-order valence-corrected chi connectivity index (χ3v) is 4.01. The first-order valence-electron chi connectivity index (χ1n) is 5.81. The van der Waals surface area contributed by atoms with E-state index in [0.29, 0.717) is 0 Å². The summed E-state index contributed by atoms with van der Waals surface area (Å²) in [5, 5.41) is 9.94. The van der Waals surface area contributed by atoms with Crippen molar-refractivity contribution in [2.45, 2.75) is 12.2 Å². The molecule has 0 radical (unpaired) electrons. The van der Waals surface area contributed by atoms with Gasteiger partial charge in [0.1, 0.15) is 11.9 Å². The van der Waals surface area contributed by atoms with E-state index in [1.54, 1.807) is 18.2 Å². The molecule has 0 saturated carbocycles. The highest BCUT2D eigenvalue weighted by molar-refractivity contribution is 7.46. The van der Waals surface area contributed by atoms with Crippen molar-refractivity contribution in [3.8, 4) is 0 Å². The normalized spacial score (nSPS) is 32.5. The number of fused-ring (bicyclic) bond motifs is 1. The lowest BCUT2D eigenvalue weighted by Crippen LogP contribution is -2.40. The van der Waals surface area contributed by atoms with E-state index >= 15 is 0 Å². The second-order valence-electron chi connectivity index (χ2n) is 4.58. The molecule has 9 nitrogen and oxygen atoms in total. The molecule has 2 rings (SSSR count). The van der Waals surface area contributed by atoms with E-state index in [2.05, 4.69) is 9.05 Å². The van der Waals surface area contributed by atoms with Crippen LogP contribution in [0.5, 0.6) is 0 Å². The van der Waals surface area contributed by atoms with E-state index < -0.39 is 45.4 Å². The van der Waals surface area contributed by atoms with Gasteiger partial charge in [0.05, 0.1) is 6.10 Å². The first-order valence-corrected chi connectivity index (χ1v) is 8.87. The molecule has 2 aliphatic rings. The molecule has 118 valence electrons. The largest absolute Gasteiger partial charge is 0.524 e. The molecule has 0 saturated heterocycles. The van der Waals surface area contributed by atoms with Crippen LogP contribution in [0.2, 0.25) is 0 Å². The van der Waals surface area contributed by atoms with Crippen LogP contribution < -0.4 is 0 Å². The smallest absolute Gasteiger partial charge is 0.406 e. The van der Waals surface area contributed by atoms with Crippen molar-refractivity contribution in [2.75, 3.05) is 0 Å². The Kier molecular flexibility index (Phi) is 4.58. The molecule has 0 aromatic heterocycles. The Balaban J connectivity index is 2.39. The van der Waals surface area contributed by atoms with Crippen LogP contribution in [0.3, 0.4) is 0 Å². The topological polar surface area (TPSA) is 154 Å². The van der Waals surface area contributed by atoms with E-state index in [-0.39, 0.29) is 0 Å². The fourth-order valence-corrected chi connectivity index (χ4v) is 3.32. The second-order valence-corrected chi connectivity index (χ2v) is 6.94. The molecule has 2 aliphatic carbocycles. The van der Waals surface area contributed by atoms with Crippen LogP contribution in [0.25, 0.3) is 0 Å². The van der Waals surface area contributed by atoms with Crippen LogP contribution in [-0.4, -0.2) is 36.9 Å². The van der Waals surface area contributed by atoms with Crippen LogP contribution in [0.4, 0.5) is 0 Å². The van der Waals surface area contributed by atoms with Gasteiger partial charge in [0.25, 0.3) is 0 Å². The van der Waals surface area contributed by atoms with Crippen molar-refractivity contribution in [2.24, 2.45) is 11.8 Å². The van der Waals surface area contributed by atoms with Gasteiger partial charge in [-0.15, -0.1) is 0 Å². The maximum Gasteiger partial charge on any atom is 0.524 e. The molecule has 0 fully saturated rings. The zero-order valence-corrected chi connectivity index (χ0v) is 12.2. The zero-order valence-electron chi connectivity index (χ0n) is 10.5. The summed E-state index contributed by atoms with van der Waals surface area (Å²) < 4.78 is 31.0. The fourth-order valence-electron chi connectivity index (χ4n) is 2.34. The third-order valence-electron chi connectivity index (χ3n) is 3.06. The standard InChI is InChI=1S/C10H14O9P2/c11-8-5-9(18-20(12,13)14)10(19-21(15,16)17)7-4-2-1-3-6(7)8/h1-8,10-11H,(H2,12,13,14)(H2,15,16,17). The molecule has 0 aliphatic heterocycles. The van der Waals surface area contributed by atoms with Crippen LogP contribution in [-0.2, 0) is 18.2 Å². The molecule has 21 heavy (non-hydrogen) atoms. The molecule has 4 unspecified atom stereocenters. The number of rotatable bonds is 4. The van der Waals surface area contributed by atoms with Crippen LogP contribution >= 0.6 is 15.6 Å². The van der Waals surface area contributed by atoms with Crippen molar-refractivity contribution in [1.82, 2.24) is 0 Å². The number of phosphoric acid groups is 2. The molecule has 11 heteroatoms. The van der Waals surface area contributed by atoms with Crippen LogP contribution in [0, 0.1) is 11.8 Å². The highest BCUT2D eigenvalue weighted by Gasteiger charge is 2.44. The molecule has 0 heterocycles. The summed E-state index contributed by atoms with van der Waals surface area (Å²) in [6.45, 7) is 0. The summed E-state index contributed by atoms with van der Waals surface area (Å²) in [6.07, 6.45) is 4.76. The predicted molar refractivity (Wildman–Crippen MR) is 69.4 cm³/mol. The first kappa shape index (κ1) is 16.6. The minimum Gasteiger partial charge on any atom is -0.406 e. The predicted octanol–water partition coefficient (Wildman–Crippen LogP) is 0.190. The maximum atomic E-state index is 11.1. The Labute approximate surface area is 119 Å². The van der Waals surface area contributed by atoms with Crippen molar-refractivity contribution < 1.29 is 42.9 Å². The molecule has 0 bridgehead atoms. The van der Waals surface area contributed by atoms with Gasteiger partial charge in [-0.1, -0.05) is 24.3 Å². The molecule has 0 amide bonds. The van der Waals surface area contributed by atoms with Crippen molar-refractivity contribution in [3.63, 3.8) is 0 Å². The number of hydrogen-bond donors (Lipinski definition) is 5. The Morgan fingerprint density at radius 1 is 0.952 bits per heavy atom. The van der Waals surface area contributed by atoms with Gasteiger partial charge >= 0.3 is 15.6 Å². The SMILES string of the molecule is O=P(O)(O)OC1=CC(O)C2C=CC=CC2C1OP(=O)(O)O. The molecule has 0 aromatic rings. The number of aliphatic hydroxyl groups is 1. The van der Waals surface area contributed by atoms with Gasteiger partial charge in [-0.3, -0.25) is 14.3 Å². The highest BCUT2D eigenvalue weighted by atomic mass is 31.2. The average Bonchev–Trinajstić information content (AvgIpc) is 2.31. The van der Waals surface area contributed by atoms with E-state index in [1.165, 1.54) is 6.08 Å². The van der Waals surface area contributed by atoms with E-state index in [1.807, 2.05) is 0 Å². The number of phosphoric ester groups is 2. The molecular formula is C10H14O9P2. The lowest BCUT2D eigenvalue weighted by Gasteiger charge is -2.38. The van der Waals surface area contributed by atoms with E-state index in [9.17, 15) is 14.2 Å². The fraction of sp³-hybridized carbons (Fsp3) is 0.400. The van der Waals surface area contributed by atoms with Gasteiger partial charge in [0.15, 0.2) is 0 Å². The summed E-state index contributed by atoms with van der Waals surface area (Å²) in [7, 11) is -9.90. The number of hydrogen-bond acceptors (Lipinski definition) is 5. The van der Waals surface area contributed by atoms with E-state index in [4.69, 9.17) is 19.6 Å². The van der Waals surface area contributed by atoms with Crippen molar-refractivity contribution in [3.05, 3.63) is 36.1 Å². The Bertz CT molecular complexity index is 583. The van der Waals surface area contributed by atoms with Gasteiger partial charge in [-0.05, 0) is 6.08 Å². The Morgan fingerprint density at radius 2 is 1.52 bits per heavy atom. The van der Waals surface area contributed by atoms with Gasteiger partial charge in [0.2, 0.25) is 0 Å². The van der Waals surface area contributed by atoms with Gasteiger partial charge in [-0.25, -0.2) is 9.13 Å². The maximum absolute atomic E-state index is 11.1. The number of allylic oxidation sites excluding steroid dienone is 2. The Hall–Kier alpha value is -0.760. The van der Waals surface area contributed by atoms with Gasteiger partial charge < -0.3 is 19.4 Å². The summed E-state index contributed by atoms with van der Waals surface area (Å²) >= 11 is 0. The minimum atomic E-state index is -4.97. The minimum absolute atomic E-state index is 0.514. The zero-order chi connectivity index (χ0) is 15.8. The van der Waals surface area contributed by atoms with Gasteiger partial charge in [0, 0.05) is 11.8 Å². The quantitative estimate of drug-likeness (QED) is 0.451. The molecule has 4 atom stereocenters. The van der Waals surface area contributed by atoms with Crippen LogP contribution in [0.15, 0.2) is 36.1 Å². The lowest BCUT2D eigenvalue weighted by atomic mass is 9.76. The van der Waals surface area contributed by atoms with Crippen molar-refractivity contribution in [1.29, 1.82) is 0 Å². The molecule has 0 aromatic carbocycles. The lowest BCUT2D eigenvalue weighted by molar-refractivity contribution is 0.0328. The first-order chi connectivity index (χ1) is 9.57. The average molecular weight is 340 g/mol. The summed E-state index contributed by atoms with van der Waals surface area (Å²) in [5.74, 6) is -1.79. The molecule has 5 N–H and O–H groups in total. The third kappa shape index (κ3) is 4.35. The highest BCUT2D eigenvalue weighted by Crippen LogP contribution is 2.50. The number of aliphatic hydroxyl groups excluding tert-OH is 1. The second kappa shape index (κ2) is 5.79. The summed E-state index contributed by atoms with van der Waals surface area (Å²) in [5.41, 5.74) is 0. The van der Waals surface area contributed by atoms with Gasteiger partial charge in [-0.2, -0.15) is 0 Å². The summed E-state index contributed by atoms with van der Waals surface area (Å²) in [6, 6.07) is 0. The molecular weight excluding hydrogens is 326 g/mol. The Morgan fingerprint density at radius 3 is 2.05 bits per heavy atom.